The number of ketones is 1. The summed E-state index contributed by atoms with van der Waals surface area (Å²) in [6.45, 7) is 1.86. The number of rotatable bonds is 6. The zero-order valence-corrected chi connectivity index (χ0v) is 15.3. The highest BCUT2D eigenvalue weighted by Gasteiger charge is 2.12. The van der Waals surface area contributed by atoms with Crippen molar-refractivity contribution in [1.82, 2.24) is 10.3 Å². The number of nitrogens with zero attached hydrogens (tertiary/aromatic N) is 1. The first kappa shape index (κ1) is 19.0. The van der Waals surface area contributed by atoms with Gasteiger partial charge in [-0.1, -0.05) is 30.3 Å². The lowest BCUT2D eigenvalue weighted by Crippen LogP contribution is -2.24. The second-order valence-corrected chi connectivity index (χ2v) is 6.19. The molecule has 0 bridgehead atoms. The maximum atomic E-state index is 12.4. The molecule has 0 aliphatic carbocycles. The molecule has 1 heterocycles. The average Bonchev–Trinajstić information content (AvgIpc) is 2.73. The van der Waals surface area contributed by atoms with Crippen LogP contribution in [0.4, 0.5) is 5.69 Å². The molecule has 0 unspecified atom stereocenters. The van der Waals surface area contributed by atoms with Crippen LogP contribution in [0, 0.1) is 0 Å². The maximum absolute atomic E-state index is 12.4. The number of nitrogens with one attached hydrogen (secondary N) is 2. The molecular weight excluding hydrogens is 354 g/mol. The number of amides is 2. The van der Waals surface area contributed by atoms with Gasteiger partial charge in [0.25, 0.3) is 11.8 Å². The van der Waals surface area contributed by atoms with Crippen molar-refractivity contribution < 1.29 is 14.4 Å². The molecule has 2 aromatic carbocycles. The van der Waals surface area contributed by atoms with Gasteiger partial charge < -0.3 is 10.6 Å². The minimum absolute atomic E-state index is 0.0434. The first-order chi connectivity index (χ1) is 13.5. The molecule has 0 radical (unpaired) electrons. The van der Waals surface area contributed by atoms with E-state index in [9.17, 15) is 14.4 Å². The van der Waals surface area contributed by atoms with Crippen LogP contribution in [-0.4, -0.2) is 22.6 Å². The van der Waals surface area contributed by atoms with Gasteiger partial charge in [0, 0.05) is 29.6 Å². The lowest BCUT2D eigenvalue weighted by atomic mass is 10.1. The second kappa shape index (κ2) is 8.73. The van der Waals surface area contributed by atoms with Crippen LogP contribution < -0.4 is 10.6 Å². The van der Waals surface area contributed by atoms with E-state index in [1.165, 1.54) is 25.3 Å². The highest BCUT2D eigenvalue weighted by atomic mass is 16.2. The summed E-state index contributed by atoms with van der Waals surface area (Å²) in [5.74, 6) is -0.766. The van der Waals surface area contributed by atoms with Gasteiger partial charge in [0.15, 0.2) is 5.78 Å². The Kier molecular flexibility index (Phi) is 5.91. The van der Waals surface area contributed by atoms with Gasteiger partial charge in [0.1, 0.15) is 5.69 Å². The lowest BCUT2D eigenvalue weighted by molar-refractivity contribution is 0.0945. The van der Waals surface area contributed by atoms with Crippen LogP contribution in [0.15, 0.2) is 72.9 Å². The zero-order valence-electron chi connectivity index (χ0n) is 15.3. The molecule has 1 aromatic heterocycles. The number of anilines is 1. The van der Waals surface area contributed by atoms with E-state index in [4.69, 9.17) is 0 Å². The standard InChI is InChI=1S/C22H19N3O3/c1-15(26)17-7-9-19(10-8-17)25-21(27)18-11-12-23-20(13-18)22(28)24-14-16-5-3-2-4-6-16/h2-13H,14H2,1H3,(H,24,28)(H,25,27). The van der Waals surface area contributed by atoms with E-state index in [0.717, 1.165) is 5.56 Å². The highest BCUT2D eigenvalue weighted by molar-refractivity contribution is 6.06. The predicted octanol–water partition coefficient (Wildman–Crippen LogP) is 3.47. The van der Waals surface area contributed by atoms with Crippen LogP contribution in [0.2, 0.25) is 0 Å². The number of aromatic nitrogens is 1. The van der Waals surface area contributed by atoms with Crippen LogP contribution in [0.5, 0.6) is 0 Å². The van der Waals surface area contributed by atoms with Crippen molar-refractivity contribution in [3.8, 4) is 0 Å². The van der Waals surface area contributed by atoms with Crippen molar-refractivity contribution in [3.05, 3.63) is 95.3 Å². The molecule has 2 N–H and O–H groups in total. The van der Waals surface area contributed by atoms with Gasteiger partial charge >= 0.3 is 0 Å². The molecular formula is C22H19N3O3. The summed E-state index contributed by atoms with van der Waals surface area (Å²) in [5.41, 5.74) is 2.57. The molecule has 0 aliphatic heterocycles. The third-order valence-corrected chi connectivity index (χ3v) is 4.10. The number of hydrogen-bond acceptors (Lipinski definition) is 4. The largest absolute Gasteiger partial charge is 0.347 e. The summed E-state index contributed by atoms with van der Waals surface area (Å²) in [7, 11) is 0. The number of benzene rings is 2. The summed E-state index contributed by atoms with van der Waals surface area (Å²) in [6.07, 6.45) is 1.42. The SMILES string of the molecule is CC(=O)c1ccc(NC(=O)c2ccnc(C(=O)NCc3ccccc3)c2)cc1. The van der Waals surface area contributed by atoms with Crippen LogP contribution >= 0.6 is 0 Å². The van der Waals surface area contributed by atoms with Crippen molar-refractivity contribution in [1.29, 1.82) is 0 Å². The predicted molar refractivity (Wildman–Crippen MR) is 106 cm³/mol. The third-order valence-electron chi connectivity index (χ3n) is 4.10. The normalized spacial score (nSPS) is 10.2. The molecule has 0 saturated carbocycles. The zero-order chi connectivity index (χ0) is 19.9. The molecule has 2 amide bonds. The van der Waals surface area contributed by atoms with Gasteiger partial charge in [-0.25, -0.2) is 0 Å². The van der Waals surface area contributed by atoms with E-state index in [2.05, 4.69) is 15.6 Å². The Balaban J connectivity index is 1.65. The first-order valence-corrected chi connectivity index (χ1v) is 8.73. The van der Waals surface area contributed by atoms with Crippen molar-refractivity contribution in [3.63, 3.8) is 0 Å². The average molecular weight is 373 g/mol. The van der Waals surface area contributed by atoms with E-state index in [0.29, 0.717) is 23.4 Å². The van der Waals surface area contributed by atoms with Crippen molar-refractivity contribution in [2.24, 2.45) is 0 Å². The summed E-state index contributed by atoms with van der Waals surface area (Å²) in [5, 5.41) is 5.52. The number of carbonyl (C=O) groups is 3. The molecule has 3 rings (SSSR count). The quantitative estimate of drug-likeness (QED) is 0.648. The Morgan fingerprint density at radius 2 is 1.57 bits per heavy atom. The summed E-state index contributed by atoms with van der Waals surface area (Å²) < 4.78 is 0. The molecule has 0 spiro atoms. The van der Waals surface area contributed by atoms with Crippen LogP contribution in [0.1, 0.15) is 43.7 Å². The van der Waals surface area contributed by atoms with Gasteiger partial charge in [-0.15, -0.1) is 0 Å². The lowest BCUT2D eigenvalue weighted by Gasteiger charge is -2.08. The minimum Gasteiger partial charge on any atom is -0.347 e. The van der Waals surface area contributed by atoms with Gasteiger partial charge in [-0.2, -0.15) is 0 Å². The molecule has 28 heavy (non-hydrogen) atoms. The Labute approximate surface area is 162 Å². The Bertz CT molecular complexity index is 999. The number of pyridine rings is 1. The van der Waals surface area contributed by atoms with Crippen molar-refractivity contribution >= 4 is 23.3 Å². The van der Waals surface area contributed by atoms with Crippen molar-refractivity contribution in [2.75, 3.05) is 5.32 Å². The fourth-order valence-corrected chi connectivity index (χ4v) is 2.56. The number of hydrogen-bond donors (Lipinski definition) is 2. The summed E-state index contributed by atoms with van der Waals surface area (Å²) >= 11 is 0. The summed E-state index contributed by atoms with van der Waals surface area (Å²) in [4.78, 5) is 40.1. The van der Waals surface area contributed by atoms with Gasteiger partial charge in [0.2, 0.25) is 0 Å². The van der Waals surface area contributed by atoms with Crippen LogP contribution in [-0.2, 0) is 6.54 Å². The van der Waals surface area contributed by atoms with Gasteiger partial charge in [0.05, 0.1) is 0 Å². The van der Waals surface area contributed by atoms with Crippen molar-refractivity contribution in [2.45, 2.75) is 13.5 Å². The molecule has 6 nitrogen and oxygen atoms in total. The fourth-order valence-electron chi connectivity index (χ4n) is 2.56. The van der Waals surface area contributed by atoms with Crippen LogP contribution in [0.3, 0.4) is 0 Å². The molecule has 3 aromatic rings. The third kappa shape index (κ3) is 4.88. The molecule has 0 saturated heterocycles. The molecule has 6 heteroatoms. The molecule has 0 atom stereocenters. The van der Waals surface area contributed by atoms with Gasteiger partial charge in [-0.3, -0.25) is 19.4 Å². The van der Waals surface area contributed by atoms with E-state index in [-0.39, 0.29) is 23.3 Å². The number of carbonyl (C=O) groups excluding carboxylic acids is 3. The second-order valence-electron chi connectivity index (χ2n) is 6.19. The smallest absolute Gasteiger partial charge is 0.270 e. The summed E-state index contributed by atoms with van der Waals surface area (Å²) in [6, 6.07) is 19.1. The monoisotopic (exact) mass is 373 g/mol. The molecule has 0 aliphatic rings. The Hall–Kier alpha value is -3.80. The van der Waals surface area contributed by atoms with E-state index in [1.54, 1.807) is 24.3 Å². The Morgan fingerprint density at radius 1 is 0.857 bits per heavy atom. The topological polar surface area (TPSA) is 88.2 Å². The van der Waals surface area contributed by atoms with Crippen LogP contribution in [0.25, 0.3) is 0 Å². The first-order valence-electron chi connectivity index (χ1n) is 8.73. The molecule has 140 valence electrons. The highest BCUT2D eigenvalue weighted by Crippen LogP contribution is 2.12. The minimum atomic E-state index is -0.366. The number of Topliss-reactive ketones (excluding diaryl/α,β-unsaturated/α-hetero) is 1. The van der Waals surface area contributed by atoms with Gasteiger partial charge in [-0.05, 0) is 48.9 Å². The molecule has 0 fully saturated rings. The fraction of sp³-hybridized carbons (Fsp3) is 0.0909. The van der Waals surface area contributed by atoms with E-state index in [1.807, 2.05) is 30.3 Å². The Morgan fingerprint density at radius 3 is 2.25 bits per heavy atom. The maximum Gasteiger partial charge on any atom is 0.270 e. The van der Waals surface area contributed by atoms with E-state index >= 15 is 0 Å². The van der Waals surface area contributed by atoms with E-state index < -0.39 is 0 Å².